The highest BCUT2D eigenvalue weighted by Gasteiger charge is 2.21. The van der Waals surface area contributed by atoms with E-state index in [4.69, 9.17) is 21.7 Å². The number of fused-ring (bicyclic) bond motifs is 1. The van der Waals surface area contributed by atoms with Crippen LogP contribution in [0.4, 0.5) is 0 Å². The molecule has 3 rings (SSSR count). The second kappa shape index (κ2) is 6.21. The van der Waals surface area contributed by atoms with Gasteiger partial charge in [0.05, 0.1) is 30.7 Å². The SMILES string of the molecule is COC(=O)c1cc(C)nc2c1c(=O)[nH]c(=S)n2C[C@H]1CCCO1. The number of aryl methyl sites for hydroxylation is 1. The Hall–Kier alpha value is -2.06. The number of nitrogens with one attached hydrogen (secondary N) is 1. The standard InChI is InChI=1S/C15H17N3O4S/c1-8-6-10(14(20)21-2)11-12(16-8)18(15(23)17-13(11)19)7-9-4-3-5-22-9/h6,9H,3-5,7H2,1-2H3,(H,17,19,23)/t9-/m1/s1. The Morgan fingerprint density at radius 2 is 2.39 bits per heavy atom. The molecule has 0 aromatic carbocycles. The lowest BCUT2D eigenvalue weighted by atomic mass is 10.1. The molecule has 0 radical (unpaired) electrons. The topological polar surface area (TPSA) is 86.2 Å². The minimum Gasteiger partial charge on any atom is -0.465 e. The van der Waals surface area contributed by atoms with Gasteiger partial charge in [0.15, 0.2) is 4.77 Å². The molecule has 2 aromatic heterocycles. The minimum atomic E-state index is -0.577. The van der Waals surface area contributed by atoms with Crippen molar-refractivity contribution in [3.8, 4) is 0 Å². The number of H-pyrrole nitrogens is 1. The number of pyridine rings is 1. The summed E-state index contributed by atoms with van der Waals surface area (Å²) in [5.74, 6) is -0.577. The first-order valence-corrected chi connectivity index (χ1v) is 7.76. The molecular formula is C15H17N3O4S. The van der Waals surface area contributed by atoms with Crippen molar-refractivity contribution in [3.63, 3.8) is 0 Å². The average molecular weight is 335 g/mol. The van der Waals surface area contributed by atoms with Crippen molar-refractivity contribution in [1.82, 2.24) is 14.5 Å². The summed E-state index contributed by atoms with van der Waals surface area (Å²) >= 11 is 5.28. The lowest BCUT2D eigenvalue weighted by Crippen LogP contribution is -2.23. The molecule has 7 nitrogen and oxygen atoms in total. The van der Waals surface area contributed by atoms with Crippen LogP contribution in [0.3, 0.4) is 0 Å². The number of hydrogen-bond donors (Lipinski definition) is 1. The molecule has 1 atom stereocenters. The normalized spacial score (nSPS) is 17.6. The number of carbonyl (C=O) groups excluding carboxylic acids is 1. The molecule has 122 valence electrons. The summed E-state index contributed by atoms with van der Waals surface area (Å²) in [5, 5.41) is 0.189. The van der Waals surface area contributed by atoms with Gasteiger partial charge >= 0.3 is 5.97 Å². The molecule has 0 spiro atoms. The van der Waals surface area contributed by atoms with E-state index in [0.29, 0.717) is 17.9 Å². The number of hydrogen-bond acceptors (Lipinski definition) is 6. The van der Waals surface area contributed by atoms with Gasteiger partial charge in [-0.15, -0.1) is 0 Å². The lowest BCUT2D eigenvalue weighted by molar-refractivity contribution is 0.0602. The third-order valence-corrected chi connectivity index (χ3v) is 4.21. The van der Waals surface area contributed by atoms with Crippen molar-refractivity contribution in [1.29, 1.82) is 0 Å². The molecule has 2 aromatic rings. The predicted molar refractivity (Wildman–Crippen MR) is 86.2 cm³/mol. The van der Waals surface area contributed by atoms with E-state index in [0.717, 1.165) is 19.4 Å². The second-order valence-electron chi connectivity index (χ2n) is 5.51. The fourth-order valence-corrected chi connectivity index (χ4v) is 3.09. The van der Waals surface area contributed by atoms with Crippen LogP contribution in [0.15, 0.2) is 10.9 Å². The van der Waals surface area contributed by atoms with Crippen LogP contribution in [0.1, 0.15) is 28.9 Å². The van der Waals surface area contributed by atoms with E-state index in [2.05, 4.69) is 9.97 Å². The molecule has 1 aliphatic rings. The molecule has 23 heavy (non-hydrogen) atoms. The Balaban J connectivity index is 2.27. The van der Waals surface area contributed by atoms with Gasteiger partial charge in [0, 0.05) is 12.3 Å². The van der Waals surface area contributed by atoms with Crippen molar-refractivity contribution in [2.45, 2.75) is 32.4 Å². The summed E-state index contributed by atoms with van der Waals surface area (Å²) in [7, 11) is 1.28. The maximum atomic E-state index is 12.3. The summed E-state index contributed by atoms with van der Waals surface area (Å²) in [6.07, 6.45) is 1.96. The maximum absolute atomic E-state index is 12.3. The molecule has 0 unspecified atom stereocenters. The van der Waals surface area contributed by atoms with Crippen LogP contribution in [0.2, 0.25) is 0 Å². The highest BCUT2D eigenvalue weighted by Crippen LogP contribution is 2.19. The van der Waals surface area contributed by atoms with Crippen molar-refractivity contribution >= 4 is 29.2 Å². The van der Waals surface area contributed by atoms with Gasteiger partial charge in [0.25, 0.3) is 5.56 Å². The summed E-state index contributed by atoms with van der Waals surface area (Å²) < 4.78 is 12.4. The van der Waals surface area contributed by atoms with Gasteiger partial charge in [0.1, 0.15) is 5.65 Å². The number of rotatable bonds is 3. The fourth-order valence-electron chi connectivity index (χ4n) is 2.83. The molecule has 3 heterocycles. The zero-order chi connectivity index (χ0) is 16.6. The summed E-state index contributed by atoms with van der Waals surface area (Å²) in [4.78, 5) is 31.4. The molecule has 0 saturated carbocycles. The Labute approximate surface area is 137 Å². The monoisotopic (exact) mass is 335 g/mol. The fraction of sp³-hybridized carbons (Fsp3) is 0.467. The number of aromatic nitrogens is 3. The summed E-state index contributed by atoms with van der Waals surface area (Å²) in [6, 6.07) is 1.54. The molecule has 1 saturated heterocycles. The molecule has 1 fully saturated rings. The van der Waals surface area contributed by atoms with Crippen molar-refractivity contribution < 1.29 is 14.3 Å². The van der Waals surface area contributed by atoms with E-state index in [1.807, 2.05) is 0 Å². The second-order valence-corrected chi connectivity index (χ2v) is 5.89. The Bertz CT molecular complexity index is 881. The minimum absolute atomic E-state index is 0.0275. The van der Waals surface area contributed by atoms with Crippen LogP contribution in [0, 0.1) is 11.7 Å². The van der Waals surface area contributed by atoms with Crippen molar-refractivity contribution in [2.75, 3.05) is 13.7 Å². The predicted octanol–water partition coefficient (Wildman–Crippen LogP) is 1.73. The Kier molecular flexibility index (Phi) is 4.27. The molecular weight excluding hydrogens is 318 g/mol. The number of methoxy groups -OCH3 is 1. The van der Waals surface area contributed by atoms with E-state index in [-0.39, 0.29) is 21.8 Å². The highest BCUT2D eigenvalue weighted by atomic mass is 32.1. The quantitative estimate of drug-likeness (QED) is 0.679. The van der Waals surface area contributed by atoms with Gasteiger partial charge in [-0.2, -0.15) is 0 Å². The Morgan fingerprint density at radius 1 is 1.61 bits per heavy atom. The van der Waals surface area contributed by atoms with Crippen LogP contribution >= 0.6 is 12.2 Å². The smallest absolute Gasteiger partial charge is 0.338 e. The van der Waals surface area contributed by atoms with E-state index in [1.165, 1.54) is 7.11 Å². The number of aromatic amines is 1. The molecule has 8 heteroatoms. The molecule has 0 aliphatic carbocycles. The van der Waals surface area contributed by atoms with Crippen LogP contribution in [-0.2, 0) is 16.0 Å². The third-order valence-electron chi connectivity index (χ3n) is 3.89. The number of ether oxygens (including phenoxy) is 2. The zero-order valence-corrected chi connectivity index (χ0v) is 13.7. The van der Waals surface area contributed by atoms with E-state index >= 15 is 0 Å². The first-order chi connectivity index (χ1) is 11.0. The van der Waals surface area contributed by atoms with E-state index in [9.17, 15) is 9.59 Å². The van der Waals surface area contributed by atoms with Crippen LogP contribution < -0.4 is 5.56 Å². The first-order valence-electron chi connectivity index (χ1n) is 7.35. The average Bonchev–Trinajstić information content (AvgIpc) is 3.02. The summed E-state index contributed by atoms with van der Waals surface area (Å²) in [6.45, 7) is 2.97. The van der Waals surface area contributed by atoms with Crippen molar-refractivity contribution in [3.05, 3.63) is 32.4 Å². The van der Waals surface area contributed by atoms with Gasteiger partial charge in [-0.1, -0.05) is 0 Å². The van der Waals surface area contributed by atoms with E-state index in [1.54, 1.807) is 17.6 Å². The largest absolute Gasteiger partial charge is 0.465 e. The first kappa shape index (κ1) is 15.8. The molecule has 0 bridgehead atoms. The summed E-state index contributed by atoms with van der Waals surface area (Å²) in [5.41, 5.74) is 0.738. The van der Waals surface area contributed by atoms with E-state index < -0.39 is 11.5 Å². The third kappa shape index (κ3) is 2.91. The van der Waals surface area contributed by atoms with Gasteiger partial charge in [0.2, 0.25) is 0 Å². The van der Waals surface area contributed by atoms with Crippen molar-refractivity contribution in [2.24, 2.45) is 0 Å². The lowest BCUT2D eigenvalue weighted by Gasteiger charge is -2.16. The zero-order valence-electron chi connectivity index (χ0n) is 12.9. The van der Waals surface area contributed by atoms with Crippen LogP contribution in [0.5, 0.6) is 0 Å². The van der Waals surface area contributed by atoms with Gasteiger partial charge in [-0.3, -0.25) is 14.3 Å². The Morgan fingerprint density at radius 3 is 3.04 bits per heavy atom. The highest BCUT2D eigenvalue weighted by molar-refractivity contribution is 7.71. The van der Waals surface area contributed by atoms with Crippen LogP contribution in [0.25, 0.3) is 11.0 Å². The maximum Gasteiger partial charge on any atom is 0.338 e. The number of carbonyl (C=O) groups is 1. The van der Waals surface area contributed by atoms with Gasteiger partial charge < -0.3 is 9.47 Å². The van der Waals surface area contributed by atoms with Gasteiger partial charge in [-0.25, -0.2) is 9.78 Å². The molecule has 0 amide bonds. The van der Waals surface area contributed by atoms with Crippen LogP contribution in [-0.4, -0.2) is 40.3 Å². The molecule has 1 N–H and O–H groups in total. The van der Waals surface area contributed by atoms with Gasteiger partial charge in [-0.05, 0) is 38.0 Å². The molecule has 1 aliphatic heterocycles. The number of esters is 1. The number of nitrogens with zero attached hydrogens (tertiary/aromatic N) is 2.